The van der Waals surface area contributed by atoms with Gasteiger partial charge in [0, 0.05) is 19.3 Å². The molecule has 0 radical (unpaired) electrons. The van der Waals surface area contributed by atoms with Crippen LogP contribution in [0.25, 0.3) is 0 Å². The Morgan fingerprint density at radius 2 is 0.500 bits per heavy atom. The topological polar surface area (TPSA) is 78.9 Å². The molecular formula is C76H124O6. The summed E-state index contributed by atoms with van der Waals surface area (Å²) in [5.74, 6) is -0.936. The van der Waals surface area contributed by atoms with E-state index in [0.717, 1.165) is 154 Å². The van der Waals surface area contributed by atoms with Crippen LogP contribution in [0.1, 0.15) is 297 Å². The fraction of sp³-hybridized carbons (Fsp3) is 0.645. The van der Waals surface area contributed by atoms with Crippen LogP contribution in [0.4, 0.5) is 0 Å². The lowest BCUT2D eigenvalue weighted by Gasteiger charge is -2.18. The smallest absolute Gasteiger partial charge is 0.306 e. The maximum atomic E-state index is 12.9. The highest BCUT2D eigenvalue weighted by Gasteiger charge is 2.19. The van der Waals surface area contributed by atoms with E-state index in [9.17, 15) is 14.4 Å². The van der Waals surface area contributed by atoms with Crippen LogP contribution in [0.5, 0.6) is 0 Å². The average Bonchev–Trinajstić information content (AvgIpc) is 3.48. The molecule has 6 nitrogen and oxygen atoms in total. The van der Waals surface area contributed by atoms with Crippen LogP contribution >= 0.6 is 0 Å². The highest BCUT2D eigenvalue weighted by molar-refractivity contribution is 5.71. The molecule has 0 aliphatic carbocycles. The Bertz CT molecular complexity index is 1780. The van der Waals surface area contributed by atoms with E-state index < -0.39 is 6.10 Å². The van der Waals surface area contributed by atoms with Crippen molar-refractivity contribution in [3.05, 3.63) is 146 Å². The van der Waals surface area contributed by atoms with Gasteiger partial charge in [0.2, 0.25) is 0 Å². The number of allylic oxidation sites excluding steroid dienone is 24. The number of hydrogen-bond donors (Lipinski definition) is 0. The zero-order chi connectivity index (χ0) is 59.2. The monoisotopic (exact) mass is 1130 g/mol. The Morgan fingerprint density at radius 1 is 0.256 bits per heavy atom. The van der Waals surface area contributed by atoms with Crippen molar-refractivity contribution in [2.75, 3.05) is 13.2 Å². The number of unbranched alkanes of at least 4 members (excludes halogenated alkanes) is 25. The minimum atomic E-state index is -0.801. The number of rotatable bonds is 60. The molecule has 0 amide bonds. The second kappa shape index (κ2) is 68.8. The van der Waals surface area contributed by atoms with E-state index in [-0.39, 0.29) is 31.1 Å². The van der Waals surface area contributed by atoms with Gasteiger partial charge in [0.1, 0.15) is 13.2 Å². The standard InChI is InChI=1S/C76H124O6/c1-4-7-10-13-16-19-22-24-26-28-30-32-34-36-37-38-39-41-42-44-46-48-50-52-54-57-60-63-66-69-75(78)81-72-73(71-80-74(77)68-65-62-59-56-21-18-15-12-9-6-3)82-76(79)70-67-64-61-58-55-53-51-49-47-45-43-40-35-33-31-29-27-25-23-20-17-14-11-8-5-2/h7,10,12,15-16,19,23-26,29-32,35-37,39-41,44,46,50,52,73H,4-6,8-9,11,13-14,17-18,20-22,27-28,33-34,38,42-43,45,47-49,51,53-72H2,1-3H3/b10-7-,15-12-,19-16-,25-23-,26-24-,31-29-,32-30-,37-36-,40-35-,41-39-,46-44-,52-50-. The third-order valence-corrected chi connectivity index (χ3v) is 14.0. The molecule has 0 spiro atoms. The van der Waals surface area contributed by atoms with Crippen molar-refractivity contribution in [1.29, 1.82) is 0 Å². The van der Waals surface area contributed by atoms with Gasteiger partial charge in [-0.25, -0.2) is 0 Å². The summed E-state index contributed by atoms with van der Waals surface area (Å²) in [4.78, 5) is 38.3. The number of ether oxygens (including phenoxy) is 3. The maximum absolute atomic E-state index is 12.9. The second-order valence-electron chi connectivity index (χ2n) is 22.0. The van der Waals surface area contributed by atoms with Gasteiger partial charge in [0.15, 0.2) is 6.10 Å². The molecule has 6 heteroatoms. The van der Waals surface area contributed by atoms with Crippen molar-refractivity contribution in [2.24, 2.45) is 0 Å². The summed E-state index contributed by atoms with van der Waals surface area (Å²) in [6, 6.07) is 0. The Kier molecular flexibility index (Phi) is 64.8. The highest BCUT2D eigenvalue weighted by atomic mass is 16.6. The lowest BCUT2D eigenvalue weighted by atomic mass is 10.0. The van der Waals surface area contributed by atoms with E-state index in [1.807, 2.05) is 0 Å². The second-order valence-corrected chi connectivity index (χ2v) is 22.0. The van der Waals surface area contributed by atoms with E-state index in [4.69, 9.17) is 14.2 Å². The van der Waals surface area contributed by atoms with E-state index in [0.29, 0.717) is 19.3 Å². The van der Waals surface area contributed by atoms with Crippen molar-refractivity contribution in [3.63, 3.8) is 0 Å². The lowest BCUT2D eigenvalue weighted by Crippen LogP contribution is -2.30. The van der Waals surface area contributed by atoms with Crippen molar-refractivity contribution < 1.29 is 28.6 Å². The van der Waals surface area contributed by atoms with E-state index in [1.165, 1.54) is 103 Å². The van der Waals surface area contributed by atoms with Gasteiger partial charge < -0.3 is 14.2 Å². The van der Waals surface area contributed by atoms with Gasteiger partial charge >= 0.3 is 17.9 Å². The maximum Gasteiger partial charge on any atom is 0.306 e. The first kappa shape index (κ1) is 77.3. The fourth-order valence-electron chi connectivity index (χ4n) is 9.00. The molecule has 0 N–H and O–H groups in total. The van der Waals surface area contributed by atoms with Gasteiger partial charge in [-0.05, 0) is 141 Å². The molecule has 0 aromatic carbocycles. The number of esters is 3. The normalized spacial score (nSPS) is 13.1. The quantitative estimate of drug-likeness (QED) is 0.0261. The average molecular weight is 1130 g/mol. The Balaban J connectivity index is 4.33. The largest absolute Gasteiger partial charge is 0.462 e. The number of carbonyl (C=O) groups is 3. The van der Waals surface area contributed by atoms with Gasteiger partial charge in [0.25, 0.3) is 0 Å². The summed E-state index contributed by atoms with van der Waals surface area (Å²) in [5.41, 5.74) is 0. The SMILES string of the molecule is CC/C=C\C/C=C\C/C=C\C/C=C\C/C=C\C/C=C\C/C=C\C/C=C\CCCCCCC(=O)OCC(COC(=O)CCCCCCC/C=C\CCC)OC(=O)CCCCCCCCCCCC/C=C\C/C=C\C/C=C\CCCCCCC. The van der Waals surface area contributed by atoms with Crippen LogP contribution < -0.4 is 0 Å². The molecule has 1 unspecified atom stereocenters. The third kappa shape index (κ3) is 66.1. The molecule has 0 fully saturated rings. The number of carbonyl (C=O) groups excluding carboxylic acids is 3. The molecule has 464 valence electrons. The van der Waals surface area contributed by atoms with Crippen molar-refractivity contribution >= 4 is 17.9 Å². The molecule has 0 saturated carbocycles. The summed E-state index contributed by atoms with van der Waals surface area (Å²) in [6.45, 7) is 6.43. The molecule has 82 heavy (non-hydrogen) atoms. The Morgan fingerprint density at radius 3 is 0.805 bits per heavy atom. The van der Waals surface area contributed by atoms with Crippen LogP contribution in [0.15, 0.2) is 146 Å². The lowest BCUT2D eigenvalue weighted by molar-refractivity contribution is -0.167. The molecule has 0 aliphatic rings. The molecule has 0 heterocycles. The predicted molar refractivity (Wildman–Crippen MR) is 357 cm³/mol. The van der Waals surface area contributed by atoms with E-state index in [1.54, 1.807) is 0 Å². The predicted octanol–water partition coefficient (Wildman–Crippen LogP) is 23.5. The van der Waals surface area contributed by atoms with Gasteiger partial charge in [-0.2, -0.15) is 0 Å². The zero-order valence-corrected chi connectivity index (χ0v) is 53.2. The number of hydrogen-bond acceptors (Lipinski definition) is 6. The molecule has 0 aliphatic heterocycles. The first-order chi connectivity index (χ1) is 40.5. The van der Waals surface area contributed by atoms with Crippen LogP contribution in [0.3, 0.4) is 0 Å². The first-order valence-electron chi connectivity index (χ1n) is 33.8. The summed E-state index contributed by atoms with van der Waals surface area (Å²) in [6.07, 6.45) is 98.7. The summed E-state index contributed by atoms with van der Waals surface area (Å²) in [7, 11) is 0. The summed E-state index contributed by atoms with van der Waals surface area (Å²) >= 11 is 0. The third-order valence-electron chi connectivity index (χ3n) is 14.0. The summed E-state index contributed by atoms with van der Waals surface area (Å²) < 4.78 is 16.9. The molecule has 1 atom stereocenters. The first-order valence-corrected chi connectivity index (χ1v) is 33.8. The summed E-state index contributed by atoms with van der Waals surface area (Å²) in [5, 5.41) is 0. The molecule has 0 aromatic rings. The molecular weight excluding hydrogens is 1010 g/mol. The highest BCUT2D eigenvalue weighted by Crippen LogP contribution is 2.15. The molecule has 0 saturated heterocycles. The van der Waals surface area contributed by atoms with Crippen molar-refractivity contribution in [3.8, 4) is 0 Å². The Labute approximate surface area is 506 Å². The Hall–Kier alpha value is -4.71. The minimum absolute atomic E-state index is 0.0965. The molecule has 0 rings (SSSR count). The minimum Gasteiger partial charge on any atom is -0.462 e. The van der Waals surface area contributed by atoms with E-state index in [2.05, 4.69) is 167 Å². The van der Waals surface area contributed by atoms with Crippen LogP contribution in [0, 0.1) is 0 Å². The van der Waals surface area contributed by atoms with Gasteiger partial charge in [0.05, 0.1) is 0 Å². The molecule has 0 aromatic heterocycles. The van der Waals surface area contributed by atoms with Crippen LogP contribution in [-0.2, 0) is 28.6 Å². The van der Waals surface area contributed by atoms with Crippen molar-refractivity contribution in [1.82, 2.24) is 0 Å². The van der Waals surface area contributed by atoms with E-state index >= 15 is 0 Å². The van der Waals surface area contributed by atoms with Crippen LogP contribution in [-0.4, -0.2) is 37.2 Å². The zero-order valence-electron chi connectivity index (χ0n) is 53.2. The van der Waals surface area contributed by atoms with Crippen molar-refractivity contribution in [2.45, 2.75) is 303 Å². The van der Waals surface area contributed by atoms with Gasteiger partial charge in [-0.1, -0.05) is 282 Å². The fourth-order valence-corrected chi connectivity index (χ4v) is 9.00. The van der Waals surface area contributed by atoms with Gasteiger partial charge in [-0.3, -0.25) is 14.4 Å². The van der Waals surface area contributed by atoms with Crippen LogP contribution in [0.2, 0.25) is 0 Å². The van der Waals surface area contributed by atoms with Gasteiger partial charge in [-0.15, -0.1) is 0 Å². The molecule has 0 bridgehead atoms.